The Kier molecular flexibility index (Phi) is 5.48. The average Bonchev–Trinajstić information content (AvgIpc) is 2.74. The van der Waals surface area contributed by atoms with Crippen molar-refractivity contribution in [3.63, 3.8) is 0 Å². The van der Waals surface area contributed by atoms with Gasteiger partial charge in [0.15, 0.2) is 5.71 Å². The summed E-state index contributed by atoms with van der Waals surface area (Å²) in [6, 6.07) is 7.79. The quantitative estimate of drug-likeness (QED) is 0.546. The smallest absolute Gasteiger partial charge is 0.335 e. The van der Waals surface area contributed by atoms with Gasteiger partial charge in [0.25, 0.3) is 0 Å². The average molecular weight is 466 g/mol. The number of allylic oxidation sites excluding steroid dienone is 5. The van der Waals surface area contributed by atoms with Crippen molar-refractivity contribution >= 4 is 36.2 Å². The van der Waals surface area contributed by atoms with Gasteiger partial charge in [0.05, 0.1) is 11.1 Å². The lowest BCUT2D eigenvalue weighted by atomic mass is 9.88. The Bertz CT molecular complexity index is 1310. The summed E-state index contributed by atoms with van der Waals surface area (Å²) in [4.78, 5) is 13.3. The number of carboxylic acids is 1. The third kappa shape index (κ3) is 3.66. The van der Waals surface area contributed by atoms with E-state index in [0.29, 0.717) is 5.57 Å². The fourth-order valence-corrected chi connectivity index (χ4v) is 7.66. The van der Waals surface area contributed by atoms with Crippen LogP contribution in [0.4, 0.5) is 14.5 Å². The second-order valence-electron chi connectivity index (χ2n) is 9.37. The van der Waals surface area contributed by atoms with E-state index < -0.39 is 31.2 Å². The summed E-state index contributed by atoms with van der Waals surface area (Å²) in [6.07, 6.45) is 6.00. The van der Waals surface area contributed by atoms with Crippen molar-refractivity contribution in [1.82, 2.24) is 0 Å². The fourth-order valence-electron chi connectivity index (χ4n) is 4.59. The molecule has 1 N–H and O–H groups in total. The molecule has 7 heteroatoms. The molecule has 0 unspecified atom stereocenters. The van der Waals surface area contributed by atoms with E-state index in [2.05, 4.69) is 25.2 Å². The van der Waals surface area contributed by atoms with Gasteiger partial charge in [-0.15, -0.1) is 0 Å². The van der Waals surface area contributed by atoms with Crippen molar-refractivity contribution in [1.29, 1.82) is 0 Å². The molecule has 0 spiro atoms. The zero-order valence-electron chi connectivity index (χ0n) is 19.6. The van der Waals surface area contributed by atoms with Crippen molar-refractivity contribution in [2.45, 2.75) is 13.1 Å². The van der Waals surface area contributed by atoms with Gasteiger partial charge in [-0.1, -0.05) is 19.2 Å². The predicted octanol–water partition coefficient (Wildman–Crippen LogP) is 4.21. The molecule has 0 aromatic heterocycles. The van der Waals surface area contributed by atoms with Gasteiger partial charge in [-0.2, -0.15) is 0 Å². The predicted molar refractivity (Wildman–Crippen MR) is 132 cm³/mol. The third-order valence-corrected chi connectivity index (χ3v) is 9.98. The molecule has 0 bridgehead atoms. The number of halogens is 2. The summed E-state index contributed by atoms with van der Waals surface area (Å²) in [5.74, 6) is -3.13. The summed E-state index contributed by atoms with van der Waals surface area (Å²) in [7, 11) is 5.62. The van der Waals surface area contributed by atoms with Crippen LogP contribution < -0.4 is 10.1 Å². The molecule has 1 aliphatic heterocycles. The molecule has 170 valence electrons. The molecule has 2 aliphatic rings. The summed E-state index contributed by atoms with van der Waals surface area (Å²) >= 11 is 0. The number of benzene rings is 2. The largest absolute Gasteiger partial charge is 0.478 e. The standard InChI is InChI=1S/C26H26F2N2O2Si/c1-29(2)16-7-9-18-22(13-16)33(5,6)23-14-17(30(3)4)8-10-19(23)24(18)25-20(27)11-15(26(31)32)12-21(25)28/h7-14H,1-6H3/p+1. The van der Waals surface area contributed by atoms with Crippen LogP contribution in [0.1, 0.15) is 21.5 Å². The Morgan fingerprint density at radius 3 is 2.21 bits per heavy atom. The van der Waals surface area contributed by atoms with E-state index in [0.717, 1.165) is 45.1 Å². The van der Waals surface area contributed by atoms with Crippen LogP contribution >= 0.6 is 0 Å². The molecule has 2 aromatic rings. The maximum Gasteiger partial charge on any atom is 0.335 e. The van der Waals surface area contributed by atoms with Gasteiger partial charge in [0.1, 0.15) is 33.8 Å². The number of fused-ring (bicyclic) bond motifs is 2. The molecule has 4 nitrogen and oxygen atoms in total. The number of nitrogens with zero attached hydrogens (tertiary/aromatic N) is 2. The SMILES string of the molecule is CN(C)c1ccc2c(c1)[Si](C)(C)C1=CC(=[N+](C)C)C=CC1=C2c1c(F)cc(C(=O)O)cc1F. The minimum absolute atomic E-state index is 0.192. The zero-order chi connectivity index (χ0) is 24.2. The van der Waals surface area contributed by atoms with Crippen LogP contribution in [0.15, 0.2) is 59.3 Å². The molecule has 0 radical (unpaired) electrons. The van der Waals surface area contributed by atoms with Gasteiger partial charge in [0, 0.05) is 37.5 Å². The molecule has 0 saturated heterocycles. The normalized spacial score (nSPS) is 16.2. The van der Waals surface area contributed by atoms with Crippen molar-refractivity contribution in [3.05, 3.63) is 87.7 Å². The minimum Gasteiger partial charge on any atom is -0.478 e. The monoisotopic (exact) mass is 465 g/mol. The highest BCUT2D eigenvalue weighted by molar-refractivity contribution is 6.98. The van der Waals surface area contributed by atoms with Crippen molar-refractivity contribution in [3.8, 4) is 0 Å². The summed E-state index contributed by atoms with van der Waals surface area (Å²) in [6.45, 7) is 4.50. The molecular weight excluding hydrogens is 438 g/mol. The maximum absolute atomic E-state index is 15.3. The summed E-state index contributed by atoms with van der Waals surface area (Å²) < 4.78 is 32.7. The first-order valence-electron chi connectivity index (χ1n) is 10.7. The maximum atomic E-state index is 15.3. The number of aromatic carboxylic acids is 1. The van der Waals surface area contributed by atoms with Gasteiger partial charge in [-0.05, 0) is 51.9 Å². The van der Waals surface area contributed by atoms with Crippen LogP contribution in [0.25, 0.3) is 5.57 Å². The van der Waals surface area contributed by atoms with Crippen molar-refractivity contribution in [2.24, 2.45) is 0 Å². The van der Waals surface area contributed by atoms with Crippen LogP contribution in [0.5, 0.6) is 0 Å². The minimum atomic E-state index is -2.24. The van der Waals surface area contributed by atoms with Crippen molar-refractivity contribution in [2.75, 3.05) is 33.1 Å². The summed E-state index contributed by atoms with van der Waals surface area (Å²) in [5, 5.41) is 11.4. The van der Waals surface area contributed by atoms with Gasteiger partial charge < -0.3 is 10.0 Å². The second-order valence-corrected chi connectivity index (χ2v) is 13.7. The first-order chi connectivity index (χ1) is 15.4. The number of carboxylic acid groups (broad SMARTS) is 1. The fraction of sp³-hybridized carbons (Fsp3) is 0.231. The molecule has 0 fully saturated rings. The number of hydrogen-bond donors (Lipinski definition) is 1. The highest BCUT2D eigenvalue weighted by Crippen LogP contribution is 2.43. The Hall–Kier alpha value is -3.32. The molecule has 2 aromatic carbocycles. The van der Waals surface area contributed by atoms with Gasteiger partial charge in [-0.25, -0.2) is 18.2 Å². The second kappa shape index (κ2) is 7.92. The molecule has 0 amide bonds. The van der Waals surface area contributed by atoms with E-state index in [9.17, 15) is 9.90 Å². The Labute approximate surface area is 193 Å². The van der Waals surface area contributed by atoms with E-state index in [4.69, 9.17) is 0 Å². The Morgan fingerprint density at radius 2 is 1.67 bits per heavy atom. The van der Waals surface area contributed by atoms with E-state index in [1.807, 2.05) is 62.0 Å². The Balaban J connectivity index is 2.13. The number of rotatable bonds is 3. The lowest BCUT2D eigenvalue weighted by Crippen LogP contribution is -2.49. The van der Waals surface area contributed by atoms with Crippen LogP contribution in [-0.4, -0.2) is 57.6 Å². The first-order valence-corrected chi connectivity index (χ1v) is 13.7. The molecule has 33 heavy (non-hydrogen) atoms. The molecule has 0 atom stereocenters. The topological polar surface area (TPSA) is 43.5 Å². The van der Waals surface area contributed by atoms with Gasteiger partial charge in [-0.3, -0.25) is 0 Å². The van der Waals surface area contributed by atoms with Gasteiger partial charge >= 0.3 is 5.97 Å². The number of hydrogen-bond acceptors (Lipinski definition) is 2. The van der Waals surface area contributed by atoms with E-state index >= 15 is 8.78 Å². The first kappa shape index (κ1) is 22.9. The molecular formula is C26H27F2N2O2Si+. The number of anilines is 1. The lowest BCUT2D eigenvalue weighted by molar-refractivity contribution is -0.462. The van der Waals surface area contributed by atoms with Crippen LogP contribution in [0.3, 0.4) is 0 Å². The van der Waals surface area contributed by atoms with E-state index in [-0.39, 0.29) is 5.56 Å². The van der Waals surface area contributed by atoms with Gasteiger partial charge in [0.2, 0.25) is 0 Å². The highest BCUT2D eigenvalue weighted by Gasteiger charge is 2.41. The van der Waals surface area contributed by atoms with E-state index in [1.165, 1.54) is 0 Å². The lowest BCUT2D eigenvalue weighted by Gasteiger charge is -2.38. The van der Waals surface area contributed by atoms with Crippen LogP contribution in [0, 0.1) is 11.6 Å². The van der Waals surface area contributed by atoms with Crippen molar-refractivity contribution < 1.29 is 23.3 Å². The summed E-state index contributed by atoms with van der Waals surface area (Å²) in [5.41, 5.74) is 3.49. The molecule has 4 rings (SSSR count). The third-order valence-electron chi connectivity index (χ3n) is 6.46. The number of carbonyl (C=O) groups is 1. The molecule has 1 heterocycles. The molecule has 1 aliphatic carbocycles. The molecule has 0 saturated carbocycles. The zero-order valence-corrected chi connectivity index (χ0v) is 20.6. The Morgan fingerprint density at radius 1 is 1.03 bits per heavy atom. The van der Waals surface area contributed by atoms with E-state index in [1.54, 1.807) is 0 Å². The highest BCUT2D eigenvalue weighted by atomic mass is 28.3. The van der Waals surface area contributed by atoms with Crippen LogP contribution in [-0.2, 0) is 0 Å². The van der Waals surface area contributed by atoms with Crippen LogP contribution in [0.2, 0.25) is 13.1 Å².